The Balaban J connectivity index is 1.51. The summed E-state index contributed by atoms with van der Waals surface area (Å²) < 4.78 is 6.00. The summed E-state index contributed by atoms with van der Waals surface area (Å²) in [5, 5.41) is 3.54. The summed E-state index contributed by atoms with van der Waals surface area (Å²) in [6.45, 7) is 3.86. The van der Waals surface area contributed by atoms with Crippen LogP contribution in [0, 0.1) is 5.92 Å². The quantitative estimate of drug-likeness (QED) is 0.748. The maximum Gasteiger partial charge on any atom is 0.122 e. The normalized spacial score (nSPS) is 26.6. The average molecular weight is 274 g/mol. The highest BCUT2D eigenvalue weighted by molar-refractivity contribution is 5.19. The molecule has 1 heterocycles. The van der Waals surface area contributed by atoms with Gasteiger partial charge in [0.05, 0.1) is 6.04 Å². The maximum atomic E-state index is 6.00. The third-order valence-corrected chi connectivity index (χ3v) is 4.67. The molecule has 0 bridgehead atoms. The van der Waals surface area contributed by atoms with Crippen LogP contribution in [0.15, 0.2) is 28.2 Å². The minimum absolute atomic E-state index is 0.153. The van der Waals surface area contributed by atoms with E-state index in [4.69, 9.17) is 10.2 Å². The van der Waals surface area contributed by atoms with Crippen molar-refractivity contribution in [3.05, 3.63) is 35.3 Å². The molecule has 0 spiro atoms. The smallest absolute Gasteiger partial charge is 0.122 e. The minimum atomic E-state index is 0.153. The molecule has 1 fully saturated rings. The standard InChI is InChI=1S/C17H26N2O/c1-12-10-14(12)16-6-7-17(20-16)15(11-18)19-9-8-13-4-2-3-5-13/h4,6-7,12,14-15,19H,2-3,5,8-11,18H2,1H3. The average Bonchev–Trinajstić information content (AvgIpc) is 2.92. The van der Waals surface area contributed by atoms with Crippen molar-refractivity contribution in [1.82, 2.24) is 5.32 Å². The predicted octanol–water partition coefficient (Wildman–Crippen LogP) is 3.49. The number of nitrogens with two attached hydrogens (primary N) is 1. The van der Waals surface area contributed by atoms with Crippen LogP contribution in [-0.2, 0) is 0 Å². The van der Waals surface area contributed by atoms with Crippen molar-refractivity contribution in [2.45, 2.75) is 51.0 Å². The Kier molecular flexibility index (Phi) is 4.27. The minimum Gasteiger partial charge on any atom is -0.464 e. The van der Waals surface area contributed by atoms with Gasteiger partial charge in [-0.3, -0.25) is 0 Å². The number of rotatable bonds is 7. The van der Waals surface area contributed by atoms with E-state index < -0.39 is 0 Å². The summed E-state index contributed by atoms with van der Waals surface area (Å²) in [6, 6.07) is 4.38. The summed E-state index contributed by atoms with van der Waals surface area (Å²) in [5.74, 6) is 3.58. The zero-order valence-corrected chi connectivity index (χ0v) is 12.4. The van der Waals surface area contributed by atoms with Crippen molar-refractivity contribution >= 4 is 0 Å². The topological polar surface area (TPSA) is 51.2 Å². The predicted molar refractivity (Wildman–Crippen MR) is 81.6 cm³/mol. The van der Waals surface area contributed by atoms with E-state index in [1.54, 1.807) is 5.57 Å². The van der Waals surface area contributed by atoms with Crippen molar-refractivity contribution in [1.29, 1.82) is 0 Å². The van der Waals surface area contributed by atoms with E-state index in [0.29, 0.717) is 12.5 Å². The van der Waals surface area contributed by atoms with Gasteiger partial charge in [-0.25, -0.2) is 0 Å². The Labute approximate surface area is 121 Å². The second kappa shape index (κ2) is 6.15. The van der Waals surface area contributed by atoms with Crippen LogP contribution < -0.4 is 11.1 Å². The molecule has 20 heavy (non-hydrogen) atoms. The third-order valence-electron chi connectivity index (χ3n) is 4.67. The molecule has 0 radical (unpaired) electrons. The summed E-state index contributed by atoms with van der Waals surface area (Å²) in [7, 11) is 0. The van der Waals surface area contributed by atoms with Gasteiger partial charge in [-0.15, -0.1) is 0 Å². The molecule has 0 aliphatic heterocycles. The first-order chi connectivity index (χ1) is 9.78. The number of furan rings is 1. The van der Waals surface area contributed by atoms with Gasteiger partial charge in [0, 0.05) is 12.5 Å². The Hall–Kier alpha value is -1.06. The Morgan fingerprint density at radius 3 is 2.95 bits per heavy atom. The fraction of sp³-hybridized carbons (Fsp3) is 0.647. The first kappa shape index (κ1) is 13.9. The molecule has 3 heteroatoms. The SMILES string of the molecule is CC1CC1c1ccc(C(CN)NCCC2=CCCC2)o1. The Bertz CT molecular complexity index is 477. The van der Waals surface area contributed by atoms with E-state index in [1.807, 2.05) is 0 Å². The molecule has 3 nitrogen and oxygen atoms in total. The largest absolute Gasteiger partial charge is 0.464 e. The van der Waals surface area contributed by atoms with Crippen molar-refractivity contribution in [2.75, 3.05) is 13.1 Å². The van der Waals surface area contributed by atoms with Crippen molar-refractivity contribution in [3.63, 3.8) is 0 Å². The molecule has 3 atom stereocenters. The highest BCUT2D eigenvalue weighted by Gasteiger charge is 2.36. The monoisotopic (exact) mass is 274 g/mol. The number of hydrogen-bond acceptors (Lipinski definition) is 3. The number of allylic oxidation sites excluding steroid dienone is 1. The summed E-state index contributed by atoms with van der Waals surface area (Å²) in [5.41, 5.74) is 7.49. The van der Waals surface area contributed by atoms with Gasteiger partial charge < -0.3 is 15.5 Å². The highest BCUT2D eigenvalue weighted by Crippen LogP contribution is 2.47. The fourth-order valence-corrected chi connectivity index (χ4v) is 3.14. The lowest BCUT2D eigenvalue weighted by Crippen LogP contribution is -2.28. The van der Waals surface area contributed by atoms with E-state index in [0.717, 1.165) is 30.4 Å². The van der Waals surface area contributed by atoms with Gasteiger partial charge in [0.15, 0.2) is 0 Å². The van der Waals surface area contributed by atoms with Crippen LogP contribution in [0.25, 0.3) is 0 Å². The lowest BCUT2D eigenvalue weighted by molar-refractivity contribution is 0.395. The molecule has 1 saturated carbocycles. The summed E-state index contributed by atoms with van der Waals surface area (Å²) in [4.78, 5) is 0. The summed E-state index contributed by atoms with van der Waals surface area (Å²) in [6.07, 6.45) is 8.66. The molecule has 2 aliphatic rings. The van der Waals surface area contributed by atoms with Gasteiger partial charge >= 0.3 is 0 Å². The van der Waals surface area contributed by atoms with Crippen LogP contribution in [-0.4, -0.2) is 13.1 Å². The van der Waals surface area contributed by atoms with E-state index in [1.165, 1.54) is 25.7 Å². The van der Waals surface area contributed by atoms with Gasteiger partial charge in [0.25, 0.3) is 0 Å². The fourth-order valence-electron chi connectivity index (χ4n) is 3.14. The van der Waals surface area contributed by atoms with Crippen LogP contribution in [0.4, 0.5) is 0 Å². The molecule has 3 N–H and O–H groups in total. The van der Waals surface area contributed by atoms with Crippen LogP contribution >= 0.6 is 0 Å². The van der Waals surface area contributed by atoms with Crippen LogP contribution in [0.1, 0.15) is 62.5 Å². The number of nitrogens with one attached hydrogen (secondary N) is 1. The molecule has 1 aromatic heterocycles. The van der Waals surface area contributed by atoms with E-state index in [-0.39, 0.29) is 6.04 Å². The second-order valence-electron chi connectivity index (χ2n) is 6.31. The molecule has 3 unspecified atom stereocenters. The van der Waals surface area contributed by atoms with Crippen molar-refractivity contribution in [2.24, 2.45) is 11.7 Å². The second-order valence-corrected chi connectivity index (χ2v) is 6.31. The molecule has 0 saturated heterocycles. The lowest BCUT2D eigenvalue weighted by atomic mass is 10.1. The molecule has 3 rings (SSSR count). The van der Waals surface area contributed by atoms with Gasteiger partial charge in [-0.1, -0.05) is 18.6 Å². The first-order valence-electron chi connectivity index (χ1n) is 7.99. The Morgan fingerprint density at radius 1 is 1.45 bits per heavy atom. The first-order valence-corrected chi connectivity index (χ1v) is 7.99. The van der Waals surface area contributed by atoms with Crippen molar-refractivity contribution in [3.8, 4) is 0 Å². The maximum absolute atomic E-state index is 6.00. The molecule has 2 aliphatic carbocycles. The zero-order valence-electron chi connectivity index (χ0n) is 12.4. The molecular weight excluding hydrogens is 248 g/mol. The third kappa shape index (κ3) is 3.15. The summed E-state index contributed by atoms with van der Waals surface area (Å²) >= 11 is 0. The van der Waals surface area contributed by atoms with E-state index in [9.17, 15) is 0 Å². The Morgan fingerprint density at radius 2 is 2.30 bits per heavy atom. The van der Waals surface area contributed by atoms with Crippen LogP contribution in [0.3, 0.4) is 0 Å². The van der Waals surface area contributed by atoms with E-state index >= 15 is 0 Å². The molecule has 0 amide bonds. The van der Waals surface area contributed by atoms with Crippen LogP contribution in [0.5, 0.6) is 0 Å². The molecule has 0 aromatic carbocycles. The molecule has 1 aromatic rings. The van der Waals surface area contributed by atoms with Crippen LogP contribution in [0.2, 0.25) is 0 Å². The molecule has 110 valence electrons. The van der Waals surface area contributed by atoms with Gasteiger partial charge in [0.1, 0.15) is 11.5 Å². The highest BCUT2D eigenvalue weighted by atomic mass is 16.3. The lowest BCUT2D eigenvalue weighted by Gasteiger charge is -2.14. The van der Waals surface area contributed by atoms with Gasteiger partial charge in [-0.05, 0) is 56.7 Å². The van der Waals surface area contributed by atoms with Gasteiger partial charge in [-0.2, -0.15) is 0 Å². The van der Waals surface area contributed by atoms with Crippen molar-refractivity contribution < 1.29 is 4.42 Å². The number of hydrogen-bond donors (Lipinski definition) is 2. The van der Waals surface area contributed by atoms with E-state index in [2.05, 4.69) is 30.4 Å². The molecular formula is C17H26N2O. The van der Waals surface area contributed by atoms with Gasteiger partial charge in [0.2, 0.25) is 0 Å². The zero-order chi connectivity index (χ0) is 13.9.